The molecule has 0 aliphatic heterocycles. The fourth-order valence-corrected chi connectivity index (χ4v) is 2.44. The molecule has 5 nitrogen and oxygen atoms in total. The average molecular weight is 398 g/mol. The molecule has 0 saturated heterocycles. The van der Waals surface area contributed by atoms with Crippen molar-refractivity contribution >= 4 is 39.7 Å². The van der Waals surface area contributed by atoms with E-state index in [1.165, 1.54) is 19.4 Å². The molecule has 0 aliphatic carbocycles. The fourth-order valence-electron chi connectivity index (χ4n) is 1.88. The molecule has 0 fully saturated rings. The van der Waals surface area contributed by atoms with E-state index in [9.17, 15) is 4.79 Å². The lowest BCUT2D eigenvalue weighted by Gasteiger charge is -2.07. The molecule has 2 aromatic rings. The van der Waals surface area contributed by atoms with Crippen LogP contribution in [0.15, 0.2) is 46.0 Å². The topological polar surface area (TPSA) is 59.9 Å². The lowest BCUT2D eigenvalue weighted by atomic mass is 10.2. The van der Waals surface area contributed by atoms with E-state index in [1.54, 1.807) is 25.3 Å². The maximum absolute atomic E-state index is 12.2. The molecule has 1 amide bonds. The molecule has 0 saturated carbocycles. The summed E-state index contributed by atoms with van der Waals surface area (Å²) in [5.74, 6) is 0.642. The molecule has 2 aromatic carbocycles. The summed E-state index contributed by atoms with van der Waals surface area (Å²) in [6.45, 7) is 0. The Morgan fingerprint density at radius 1 is 1.17 bits per heavy atom. The smallest absolute Gasteiger partial charge is 0.275 e. The quantitative estimate of drug-likeness (QED) is 0.615. The average Bonchev–Trinajstić information content (AvgIpc) is 2.55. The highest BCUT2D eigenvalue weighted by Crippen LogP contribution is 2.23. The Kier molecular flexibility index (Phi) is 6.01. The minimum Gasteiger partial charge on any atom is -0.496 e. The van der Waals surface area contributed by atoms with Gasteiger partial charge in [0.1, 0.15) is 11.5 Å². The van der Waals surface area contributed by atoms with Gasteiger partial charge in [-0.2, -0.15) is 5.10 Å². The zero-order chi connectivity index (χ0) is 16.8. The van der Waals surface area contributed by atoms with Crippen LogP contribution in [0, 0.1) is 0 Å². The van der Waals surface area contributed by atoms with E-state index in [4.69, 9.17) is 21.1 Å². The van der Waals surface area contributed by atoms with Crippen molar-refractivity contribution in [2.24, 2.45) is 5.10 Å². The summed E-state index contributed by atoms with van der Waals surface area (Å²) in [6.07, 6.45) is 1.50. The first-order valence-corrected chi connectivity index (χ1v) is 7.72. The molecule has 0 heterocycles. The van der Waals surface area contributed by atoms with E-state index < -0.39 is 5.91 Å². The third kappa shape index (κ3) is 4.46. The molecule has 23 heavy (non-hydrogen) atoms. The van der Waals surface area contributed by atoms with Crippen LogP contribution in [0.4, 0.5) is 0 Å². The van der Waals surface area contributed by atoms with Gasteiger partial charge in [-0.3, -0.25) is 4.79 Å². The van der Waals surface area contributed by atoms with Crippen molar-refractivity contribution in [3.05, 3.63) is 57.0 Å². The SMILES string of the molecule is COc1ccc(Br)cc1C=NNC(=O)c1cc(Cl)ccc1OC. The van der Waals surface area contributed by atoms with Gasteiger partial charge in [-0.15, -0.1) is 0 Å². The molecular formula is C16H14BrClN2O3. The van der Waals surface area contributed by atoms with E-state index in [1.807, 2.05) is 12.1 Å². The van der Waals surface area contributed by atoms with Gasteiger partial charge in [0.05, 0.1) is 26.0 Å². The van der Waals surface area contributed by atoms with Crippen molar-refractivity contribution in [1.82, 2.24) is 5.43 Å². The maximum atomic E-state index is 12.2. The third-order valence-electron chi connectivity index (χ3n) is 2.97. The summed E-state index contributed by atoms with van der Waals surface area (Å²) in [6, 6.07) is 10.3. The summed E-state index contributed by atoms with van der Waals surface area (Å²) in [4.78, 5) is 12.2. The Bertz CT molecular complexity index is 750. The van der Waals surface area contributed by atoms with Crippen molar-refractivity contribution < 1.29 is 14.3 Å². The molecule has 0 aliphatic rings. The van der Waals surface area contributed by atoms with E-state index in [-0.39, 0.29) is 0 Å². The van der Waals surface area contributed by atoms with Gasteiger partial charge in [0.15, 0.2) is 0 Å². The highest BCUT2D eigenvalue weighted by atomic mass is 79.9. The summed E-state index contributed by atoms with van der Waals surface area (Å²) in [7, 11) is 3.05. The van der Waals surface area contributed by atoms with E-state index in [0.717, 1.165) is 10.0 Å². The fraction of sp³-hybridized carbons (Fsp3) is 0.125. The highest BCUT2D eigenvalue weighted by Gasteiger charge is 2.12. The Morgan fingerprint density at radius 2 is 1.87 bits per heavy atom. The molecule has 120 valence electrons. The van der Waals surface area contributed by atoms with Gasteiger partial charge < -0.3 is 9.47 Å². The molecule has 7 heteroatoms. The number of nitrogens with zero attached hydrogens (tertiary/aromatic N) is 1. The molecule has 0 atom stereocenters. The first-order chi connectivity index (χ1) is 11.0. The van der Waals surface area contributed by atoms with Crippen molar-refractivity contribution in [3.63, 3.8) is 0 Å². The lowest BCUT2D eigenvalue weighted by molar-refractivity contribution is 0.0952. The summed E-state index contributed by atoms with van der Waals surface area (Å²) in [5.41, 5.74) is 3.47. The minimum absolute atomic E-state index is 0.304. The van der Waals surface area contributed by atoms with Gasteiger partial charge in [-0.25, -0.2) is 5.43 Å². The van der Waals surface area contributed by atoms with Crippen LogP contribution >= 0.6 is 27.5 Å². The normalized spacial score (nSPS) is 10.6. The van der Waals surface area contributed by atoms with Crippen molar-refractivity contribution in [1.29, 1.82) is 0 Å². The number of carbonyl (C=O) groups is 1. The Balaban J connectivity index is 2.16. The van der Waals surface area contributed by atoms with Crippen LogP contribution in [-0.2, 0) is 0 Å². The van der Waals surface area contributed by atoms with Crippen molar-refractivity contribution in [2.75, 3.05) is 14.2 Å². The van der Waals surface area contributed by atoms with Crippen LogP contribution in [0.2, 0.25) is 5.02 Å². The van der Waals surface area contributed by atoms with E-state index in [2.05, 4.69) is 26.5 Å². The maximum Gasteiger partial charge on any atom is 0.275 e. The highest BCUT2D eigenvalue weighted by molar-refractivity contribution is 9.10. The monoisotopic (exact) mass is 396 g/mol. The largest absolute Gasteiger partial charge is 0.496 e. The number of halogens is 2. The van der Waals surface area contributed by atoms with Crippen LogP contribution in [-0.4, -0.2) is 26.3 Å². The second-order valence-corrected chi connectivity index (χ2v) is 5.78. The zero-order valence-corrected chi connectivity index (χ0v) is 14.8. The predicted octanol–water partition coefficient (Wildman–Crippen LogP) is 3.88. The Labute approximate surface area is 147 Å². The van der Waals surface area contributed by atoms with Gasteiger partial charge >= 0.3 is 0 Å². The van der Waals surface area contributed by atoms with Crippen LogP contribution < -0.4 is 14.9 Å². The third-order valence-corrected chi connectivity index (χ3v) is 3.70. The van der Waals surface area contributed by atoms with Gasteiger partial charge in [0, 0.05) is 15.1 Å². The second kappa shape index (κ2) is 7.99. The van der Waals surface area contributed by atoms with Crippen LogP contribution in [0.25, 0.3) is 0 Å². The van der Waals surface area contributed by atoms with Gasteiger partial charge in [0.25, 0.3) is 5.91 Å². The van der Waals surface area contributed by atoms with Gasteiger partial charge in [-0.1, -0.05) is 27.5 Å². The van der Waals surface area contributed by atoms with E-state index >= 15 is 0 Å². The number of methoxy groups -OCH3 is 2. The standard InChI is InChI=1S/C16H14BrClN2O3/c1-22-14-5-3-11(17)7-10(14)9-19-20-16(21)13-8-12(18)4-6-15(13)23-2/h3-9H,1-2H3,(H,20,21). The second-order valence-electron chi connectivity index (χ2n) is 4.43. The number of hydrogen-bond donors (Lipinski definition) is 1. The predicted molar refractivity (Wildman–Crippen MR) is 93.8 cm³/mol. The van der Waals surface area contributed by atoms with Crippen LogP contribution in [0.3, 0.4) is 0 Å². The first kappa shape index (κ1) is 17.3. The molecule has 0 radical (unpaired) electrons. The van der Waals surface area contributed by atoms with Gasteiger partial charge in [-0.05, 0) is 36.4 Å². The number of rotatable bonds is 5. The summed E-state index contributed by atoms with van der Waals surface area (Å²) >= 11 is 9.28. The molecule has 0 spiro atoms. The molecule has 0 unspecified atom stereocenters. The Hall–Kier alpha value is -2.05. The van der Waals surface area contributed by atoms with Crippen molar-refractivity contribution in [2.45, 2.75) is 0 Å². The number of nitrogens with one attached hydrogen (secondary N) is 1. The number of benzene rings is 2. The molecule has 0 aromatic heterocycles. The minimum atomic E-state index is -0.422. The summed E-state index contributed by atoms with van der Waals surface area (Å²) < 4.78 is 11.3. The van der Waals surface area contributed by atoms with Gasteiger partial charge in [0.2, 0.25) is 0 Å². The number of carbonyl (C=O) groups excluding carboxylic acids is 1. The van der Waals surface area contributed by atoms with Crippen molar-refractivity contribution in [3.8, 4) is 11.5 Å². The summed E-state index contributed by atoms with van der Waals surface area (Å²) in [5, 5.41) is 4.39. The molecule has 2 rings (SSSR count). The Morgan fingerprint density at radius 3 is 2.57 bits per heavy atom. The number of ether oxygens (including phenoxy) is 2. The number of hydrazone groups is 1. The number of amides is 1. The van der Waals surface area contributed by atoms with Crippen LogP contribution in [0.1, 0.15) is 15.9 Å². The first-order valence-electron chi connectivity index (χ1n) is 6.55. The lowest BCUT2D eigenvalue weighted by Crippen LogP contribution is -2.18. The molecule has 1 N–H and O–H groups in total. The number of hydrogen-bond acceptors (Lipinski definition) is 4. The molecular weight excluding hydrogens is 384 g/mol. The zero-order valence-electron chi connectivity index (χ0n) is 12.5. The molecule has 0 bridgehead atoms. The van der Waals surface area contributed by atoms with Crippen LogP contribution in [0.5, 0.6) is 11.5 Å². The van der Waals surface area contributed by atoms with E-state index in [0.29, 0.717) is 22.1 Å².